The highest BCUT2D eigenvalue weighted by Gasteiger charge is 2.26. The summed E-state index contributed by atoms with van der Waals surface area (Å²) in [5, 5.41) is 6.31. The predicted molar refractivity (Wildman–Crippen MR) is 172 cm³/mol. The molecule has 0 bridgehead atoms. The average molecular weight is 564 g/mol. The molecule has 5 aromatic rings. The fourth-order valence-corrected chi connectivity index (χ4v) is 9.18. The lowest BCUT2D eigenvalue weighted by Crippen LogP contribution is -2.29. The van der Waals surface area contributed by atoms with Gasteiger partial charge in [0, 0.05) is 39.2 Å². The predicted octanol–water partition coefficient (Wildman–Crippen LogP) is 9.82. The quantitative estimate of drug-likeness (QED) is 0.201. The van der Waals surface area contributed by atoms with E-state index in [1.165, 1.54) is 63.2 Å². The van der Waals surface area contributed by atoms with Crippen molar-refractivity contribution in [1.29, 1.82) is 0 Å². The van der Waals surface area contributed by atoms with Crippen LogP contribution in [0.2, 0.25) is 0 Å². The minimum absolute atomic E-state index is 0.634. The van der Waals surface area contributed by atoms with Crippen LogP contribution in [0.3, 0.4) is 0 Å². The van der Waals surface area contributed by atoms with Crippen molar-refractivity contribution in [2.24, 2.45) is 13.0 Å². The Morgan fingerprint density at radius 1 is 0.974 bits per heavy atom. The Morgan fingerprint density at radius 3 is 2.64 bits per heavy atom. The van der Waals surface area contributed by atoms with E-state index in [0.29, 0.717) is 5.92 Å². The monoisotopic (exact) mass is 563 g/mol. The van der Waals surface area contributed by atoms with Crippen molar-refractivity contribution in [3.8, 4) is 11.1 Å². The van der Waals surface area contributed by atoms with Crippen LogP contribution in [0.1, 0.15) is 31.7 Å². The van der Waals surface area contributed by atoms with E-state index in [1.807, 2.05) is 34.4 Å². The Bertz CT molecular complexity index is 1820. The first-order valence-electron chi connectivity index (χ1n) is 13.6. The standard InChI is InChI=1S/C34H31N2S3/c1-4-36-29-20-25(27-21-37-30-11-7-5-9-26(27)30)13-14-32(29)39-34(36)19-24-16-22(2)15-23(17-24)18-33-35(3)28-10-6-8-12-31(28)38-33/h5-14,17-22H,4,15-16H2,1-3H3/q+1. The van der Waals surface area contributed by atoms with Gasteiger partial charge in [0.25, 0.3) is 5.01 Å². The SMILES string of the molecule is CCN1C(=CC2=CC(=Cc3sc4ccccc4[n+]3C)CC(C)C2)Sc2ccc(-c3csc4ccccc34)cc21. The maximum atomic E-state index is 2.49. The Labute approximate surface area is 242 Å². The van der Waals surface area contributed by atoms with E-state index in [4.69, 9.17) is 0 Å². The smallest absolute Gasteiger partial charge is 0.262 e. The molecule has 0 fully saturated rings. The van der Waals surface area contributed by atoms with E-state index < -0.39 is 0 Å². The number of anilines is 1. The summed E-state index contributed by atoms with van der Waals surface area (Å²) >= 11 is 5.62. The summed E-state index contributed by atoms with van der Waals surface area (Å²) in [5.41, 5.74) is 8.14. The molecule has 0 N–H and O–H groups in total. The topological polar surface area (TPSA) is 7.12 Å². The lowest BCUT2D eigenvalue weighted by molar-refractivity contribution is -0.642. The molecule has 2 aromatic heterocycles. The molecule has 3 aromatic carbocycles. The summed E-state index contributed by atoms with van der Waals surface area (Å²) in [6.45, 7) is 5.61. The fraction of sp³-hybridized carbons (Fsp3) is 0.206. The highest BCUT2D eigenvalue weighted by atomic mass is 32.2. The van der Waals surface area contributed by atoms with Crippen LogP contribution < -0.4 is 9.47 Å². The number of fused-ring (bicyclic) bond motifs is 3. The second kappa shape index (κ2) is 10.1. The molecule has 2 aliphatic rings. The minimum Gasteiger partial charge on any atom is -0.335 e. The van der Waals surface area contributed by atoms with Crippen LogP contribution in [0.25, 0.3) is 37.5 Å². The number of aromatic nitrogens is 1. The molecule has 1 atom stereocenters. The molecule has 7 rings (SSSR count). The van der Waals surface area contributed by atoms with Crippen molar-refractivity contribution in [3.63, 3.8) is 0 Å². The van der Waals surface area contributed by atoms with Crippen molar-refractivity contribution in [2.45, 2.75) is 31.6 Å². The summed E-state index contributed by atoms with van der Waals surface area (Å²) < 4.78 is 5.02. The largest absolute Gasteiger partial charge is 0.335 e. The van der Waals surface area contributed by atoms with Gasteiger partial charge >= 0.3 is 0 Å². The van der Waals surface area contributed by atoms with Crippen molar-refractivity contribution in [2.75, 3.05) is 11.4 Å². The molecule has 0 spiro atoms. The molecule has 2 nitrogen and oxygen atoms in total. The average Bonchev–Trinajstić information content (AvgIpc) is 3.61. The third kappa shape index (κ3) is 4.57. The van der Waals surface area contributed by atoms with Crippen LogP contribution in [-0.2, 0) is 7.05 Å². The van der Waals surface area contributed by atoms with Crippen molar-refractivity contribution >= 4 is 66.5 Å². The van der Waals surface area contributed by atoms with E-state index in [9.17, 15) is 0 Å². The molecule has 3 heterocycles. The van der Waals surface area contributed by atoms with Crippen LogP contribution in [0, 0.1) is 5.92 Å². The first-order valence-corrected chi connectivity index (χ1v) is 16.1. The van der Waals surface area contributed by atoms with Gasteiger partial charge in [-0.3, -0.25) is 0 Å². The zero-order chi connectivity index (χ0) is 26.5. The number of thiazole rings is 1. The van der Waals surface area contributed by atoms with E-state index >= 15 is 0 Å². The highest BCUT2D eigenvalue weighted by Crippen LogP contribution is 2.49. The molecule has 1 aliphatic heterocycles. The van der Waals surface area contributed by atoms with Gasteiger partial charge in [-0.25, -0.2) is 0 Å². The second-order valence-corrected chi connectivity index (χ2v) is 13.6. The van der Waals surface area contributed by atoms with E-state index in [2.05, 4.69) is 121 Å². The Morgan fingerprint density at radius 2 is 1.79 bits per heavy atom. The molecule has 0 radical (unpaired) electrons. The Kier molecular flexibility index (Phi) is 6.46. The van der Waals surface area contributed by atoms with Crippen molar-refractivity contribution < 1.29 is 4.57 Å². The third-order valence-corrected chi connectivity index (χ3v) is 11.0. The number of aryl methyl sites for hydroxylation is 1. The number of allylic oxidation sites excluding steroid dienone is 4. The first kappa shape index (κ1) is 24.9. The van der Waals surface area contributed by atoms with Crippen LogP contribution in [0.15, 0.2) is 105 Å². The molecule has 39 heavy (non-hydrogen) atoms. The summed E-state index contributed by atoms with van der Waals surface area (Å²) in [5.74, 6) is 0.634. The Balaban J connectivity index is 1.22. The Hall–Kier alpha value is -3.12. The number of benzene rings is 3. The summed E-state index contributed by atoms with van der Waals surface area (Å²) in [6.07, 6.45) is 9.55. The van der Waals surface area contributed by atoms with Gasteiger partial charge in [0.05, 0.1) is 10.7 Å². The van der Waals surface area contributed by atoms with E-state index in [1.54, 1.807) is 0 Å². The lowest BCUT2D eigenvalue weighted by Gasteiger charge is -2.22. The molecule has 1 aliphatic carbocycles. The molecule has 0 saturated carbocycles. The zero-order valence-electron chi connectivity index (χ0n) is 22.5. The van der Waals surface area contributed by atoms with Crippen LogP contribution in [0.5, 0.6) is 0 Å². The number of thioether (sulfide) groups is 1. The molecular weight excluding hydrogens is 533 g/mol. The van der Waals surface area contributed by atoms with Gasteiger partial charge < -0.3 is 4.90 Å². The van der Waals surface area contributed by atoms with Gasteiger partial charge in [0.15, 0.2) is 0 Å². The number of hydrogen-bond acceptors (Lipinski definition) is 4. The third-order valence-electron chi connectivity index (χ3n) is 7.77. The van der Waals surface area contributed by atoms with Gasteiger partial charge in [-0.2, -0.15) is 4.57 Å². The normalized spacial score (nSPS) is 19.4. The molecule has 0 saturated heterocycles. The van der Waals surface area contributed by atoms with Gasteiger partial charge in [0.1, 0.15) is 11.7 Å². The van der Waals surface area contributed by atoms with Crippen molar-refractivity contribution in [3.05, 3.63) is 105 Å². The lowest BCUT2D eigenvalue weighted by atomic mass is 9.87. The molecular formula is C34H31N2S3+. The maximum absolute atomic E-state index is 2.49. The van der Waals surface area contributed by atoms with Crippen molar-refractivity contribution in [1.82, 2.24) is 0 Å². The number of thiophene rings is 1. The van der Waals surface area contributed by atoms with Crippen LogP contribution in [0.4, 0.5) is 5.69 Å². The second-order valence-electron chi connectivity index (χ2n) is 10.6. The van der Waals surface area contributed by atoms with E-state index in [0.717, 1.165) is 19.4 Å². The first-order chi connectivity index (χ1) is 19.1. The molecule has 1 unspecified atom stereocenters. The highest BCUT2D eigenvalue weighted by molar-refractivity contribution is 8.03. The maximum Gasteiger partial charge on any atom is 0.262 e. The minimum atomic E-state index is 0.634. The number of hydrogen-bond donors (Lipinski definition) is 0. The summed E-state index contributed by atoms with van der Waals surface area (Å²) in [7, 11) is 2.18. The number of rotatable bonds is 4. The van der Waals surface area contributed by atoms with Crippen LogP contribution in [-0.4, -0.2) is 6.54 Å². The number of nitrogens with zero attached hydrogens (tertiary/aromatic N) is 2. The molecule has 0 amide bonds. The van der Waals surface area contributed by atoms with E-state index in [-0.39, 0.29) is 0 Å². The summed E-state index contributed by atoms with van der Waals surface area (Å²) in [6, 6.07) is 24.4. The van der Waals surface area contributed by atoms with Gasteiger partial charge in [-0.05, 0) is 78.1 Å². The number of para-hydroxylation sites is 1. The zero-order valence-corrected chi connectivity index (χ0v) is 24.9. The fourth-order valence-electron chi connectivity index (χ4n) is 5.90. The van der Waals surface area contributed by atoms with Gasteiger partial charge in [-0.1, -0.05) is 72.5 Å². The molecule has 5 heteroatoms. The van der Waals surface area contributed by atoms with Crippen LogP contribution >= 0.6 is 34.4 Å². The van der Waals surface area contributed by atoms with Gasteiger partial charge in [-0.15, -0.1) is 11.3 Å². The van der Waals surface area contributed by atoms with Gasteiger partial charge in [0.2, 0.25) is 5.52 Å². The summed E-state index contributed by atoms with van der Waals surface area (Å²) in [4.78, 5) is 3.84. The molecule has 194 valence electrons.